The van der Waals surface area contributed by atoms with Crippen molar-refractivity contribution in [2.75, 3.05) is 37.7 Å². The molecule has 0 N–H and O–H groups in total. The first-order valence-corrected chi connectivity index (χ1v) is 8.76. The van der Waals surface area contributed by atoms with Gasteiger partial charge in [0.2, 0.25) is 0 Å². The van der Waals surface area contributed by atoms with Crippen molar-refractivity contribution in [3.05, 3.63) is 53.0 Å². The summed E-state index contributed by atoms with van der Waals surface area (Å²) in [6.07, 6.45) is 0.772. The number of carbonyl (C=O) groups excluding carboxylic acids is 1. The Morgan fingerprint density at radius 1 is 1.08 bits per heavy atom. The predicted molar refractivity (Wildman–Crippen MR) is 94.7 cm³/mol. The number of rotatable bonds is 2. The molecule has 2 aliphatic rings. The maximum absolute atomic E-state index is 12.8. The van der Waals surface area contributed by atoms with Crippen LogP contribution in [0.1, 0.15) is 27.4 Å². The Kier molecular flexibility index (Phi) is 4.36. The van der Waals surface area contributed by atoms with Crippen LogP contribution in [0.15, 0.2) is 30.3 Å². The zero-order chi connectivity index (χ0) is 17.2. The van der Waals surface area contributed by atoms with E-state index in [1.165, 1.54) is 0 Å². The number of hydrogen-bond acceptors (Lipinski definition) is 5. The van der Waals surface area contributed by atoms with Crippen LogP contribution in [0.3, 0.4) is 0 Å². The highest BCUT2D eigenvalue weighted by atomic mass is 16.5. The Morgan fingerprint density at radius 2 is 1.84 bits per heavy atom. The molecule has 3 heterocycles. The molecule has 0 atom stereocenters. The lowest BCUT2D eigenvalue weighted by molar-refractivity contribution is 0.0733. The topological polar surface area (TPSA) is 58.6 Å². The van der Waals surface area contributed by atoms with Crippen molar-refractivity contribution < 1.29 is 9.53 Å². The molecule has 1 amide bonds. The summed E-state index contributed by atoms with van der Waals surface area (Å²) in [5.41, 5.74) is 2.89. The van der Waals surface area contributed by atoms with Gasteiger partial charge in [-0.2, -0.15) is 0 Å². The van der Waals surface area contributed by atoms with E-state index in [4.69, 9.17) is 9.72 Å². The average molecular weight is 338 g/mol. The molecule has 0 bridgehead atoms. The van der Waals surface area contributed by atoms with Gasteiger partial charge in [-0.1, -0.05) is 18.2 Å². The summed E-state index contributed by atoms with van der Waals surface area (Å²) in [5.74, 6) is 1.83. The monoisotopic (exact) mass is 338 g/mol. The lowest BCUT2D eigenvalue weighted by Crippen LogP contribution is -2.41. The van der Waals surface area contributed by atoms with Crippen molar-refractivity contribution >= 4 is 11.7 Å². The van der Waals surface area contributed by atoms with E-state index in [1.807, 2.05) is 42.2 Å². The minimum atomic E-state index is 0.0692. The van der Waals surface area contributed by atoms with E-state index in [1.54, 1.807) is 0 Å². The molecule has 4 rings (SSSR count). The van der Waals surface area contributed by atoms with E-state index in [2.05, 4.69) is 9.88 Å². The minimum Gasteiger partial charge on any atom is -0.378 e. The molecule has 6 heteroatoms. The molecule has 2 aromatic rings. The number of benzene rings is 1. The zero-order valence-corrected chi connectivity index (χ0v) is 14.4. The van der Waals surface area contributed by atoms with Gasteiger partial charge in [-0.25, -0.2) is 9.97 Å². The molecule has 0 aliphatic carbocycles. The normalized spacial score (nSPS) is 17.3. The second-order valence-electron chi connectivity index (χ2n) is 6.46. The summed E-state index contributed by atoms with van der Waals surface area (Å²) in [4.78, 5) is 26.3. The molecular formula is C19H22N4O2. The van der Waals surface area contributed by atoms with Crippen molar-refractivity contribution in [3.8, 4) is 0 Å². The van der Waals surface area contributed by atoms with Crippen LogP contribution in [0.25, 0.3) is 0 Å². The first-order valence-electron chi connectivity index (χ1n) is 8.76. The van der Waals surface area contributed by atoms with Crippen molar-refractivity contribution in [1.29, 1.82) is 0 Å². The van der Waals surface area contributed by atoms with Crippen LogP contribution in [0.2, 0.25) is 0 Å². The SMILES string of the molecule is Cc1nc2c(c(N3CCOCC3)n1)CN(C(=O)c1ccccc1)CC2. The number of nitrogens with zero attached hydrogens (tertiary/aromatic N) is 4. The molecule has 1 aromatic carbocycles. The number of aromatic nitrogens is 2. The lowest BCUT2D eigenvalue weighted by Gasteiger charge is -2.34. The minimum absolute atomic E-state index is 0.0692. The largest absolute Gasteiger partial charge is 0.378 e. The third-order valence-corrected chi connectivity index (χ3v) is 4.77. The summed E-state index contributed by atoms with van der Waals surface area (Å²) in [5, 5.41) is 0. The maximum Gasteiger partial charge on any atom is 0.254 e. The average Bonchev–Trinajstić information content (AvgIpc) is 2.68. The third kappa shape index (κ3) is 3.22. The number of fused-ring (bicyclic) bond motifs is 1. The van der Waals surface area contributed by atoms with Gasteiger partial charge in [-0.3, -0.25) is 4.79 Å². The van der Waals surface area contributed by atoms with Crippen molar-refractivity contribution in [2.24, 2.45) is 0 Å². The molecule has 130 valence electrons. The second kappa shape index (κ2) is 6.80. The van der Waals surface area contributed by atoms with Crippen molar-refractivity contribution in [1.82, 2.24) is 14.9 Å². The highest BCUT2D eigenvalue weighted by molar-refractivity contribution is 5.94. The van der Waals surface area contributed by atoms with E-state index in [0.717, 1.165) is 48.0 Å². The third-order valence-electron chi connectivity index (χ3n) is 4.77. The first-order chi connectivity index (χ1) is 12.2. The number of carbonyl (C=O) groups is 1. The van der Waals surface area contributed by atoms with Crippen LogP contribution in [-0.2, 0) is 17.7 Å². The van der Waals surface area contributed by atoms with E-state index >= 15 is 0 Å². The molecule has 0 spiro atoms. The van der Waals surface area contributed by atoms with Crippen LogP contribution in [-0.4, -0.2) is 53.6 Å². The Labute approximate surface area is 147 Å². The van der Waals surface area contributed by atoms with Gasteiger partial charge < -0.3 is 14.5 Å². The molecule has 1 fully saturated rings. The number of aryl methyl sites for hydroxylation is 1. The Morgan fingerprint density at radius 3 is 2.60 bits per heavy atom. The molecule has 1 saturated heterocycles. The highest BCUT2D eigenvalue weighted by Crippen LogP contribution is 2.28. The molecule has 1 aromatic heterocycles. The standard InChI is InChI=1S/C19H22N4O2/c1-14-20-17-7-8-23(19(24)15-5-3-2-4-6-15)13-16(17)18(21-14)22-9-11-25-12-10-22/h2-6H,7-13H2,1H3. The highest BCUT2D eigenvalue weighted by Gasteiger charge is 2.28. The summed E-state index contributed by atoms with van der Waals surface area (Å²) in [6.45, 7) is 6.28. The molecule has 0 radical (unpaired) electrons. The molecule has 6 nitrogen and oxygen atoms in total. The number of morpholine rings is 1. The van der Waals surface area contributed by atoms with Crippen molar-refractivity contribution in [2.45, 2.75) is 19.9 Å². The summed E-state index contributed by atoms with van der Waals surface area (Å²) >= 11 is 0. The zero-order valence-electron chi connectivity index (χ0n) is 14.4. The number of hydrogen-bond donors (Lipinski definition) is 0. The van der Waals surface area contributed by atoms with Gasteiger partial charge in [0.1, 0.15) is 11.6 Å². The van der Waals surface area contributed by atoms with Gasteiger partial charge >= 0.3 is 0 Å². The van der Waals surface area contributed by atoms with Crippen molar-refractivity contribution in [3.63, 3.8) is 0 Å². The molecule has 0 unspecified atom stereocenters. The first kappa shape index (κ1) is 16.0. The van der Waals surface area contributed by atoms with E-state index < -0.39 is 0 Å². The van der Waals surface area contributed by atoms with Gasteiger partial charge in [0.15, 0.2) is 0 Å². The van der Waals surface area contributed by atoms with E-state index in [0.29, 0.717) is 26.3 Å². The fraction of sp³-hybridized carbons (Fsp3) is 0.421. The van der Waals surface area contributed by atoms with Gasteiger partial charge in [-0.05, 0) is 19.1 Å². The van der Waals surface area contributed by atoms with Crippen LogP contribution in [0.4, 0.5) is 5.82 Å². The lowest BCUT2D eigenvalue weighted by atomic mass is 10.0. The summed E-state index contributed by atoms with van der Waals surface area (Å²) in [6, 6.07) is 9.46. The molecule has 0 saturated carbocycles. The smallest absolute Gasteiger partial charge is 0.254 e. The van der Waals surface area contributed by atoms with E-state index in [9.17, 15) is 4.79 Å². The van der Waals surface area contributed by atoms with Crippen LogP contribution in [0, 0.1) is 6.92 Å². The van der Waals surface area contributed by atoms with Crippen LogP contribution in [0.5, 0.6) is 0 Å². The number of anilines is 1. The summed E-state index contributed by atoms with van der Waals surface area (Å²) in [7, 11) is 0. The summed E-state index contributed by atoms with van der Waals surface area (Å²) < 4.78 is 5.46. The quantitative estimate of drug-likeness (QED) is 0.836. The molecule has 2 aliphatic heterocycles. The van der Waals surface area contributed by atoms with E-state index in [-0.39, 0.29) is 5.91 Å². The number of amides is 1. The molecule has 25 heavy (non-hydrogen) atoms. The fourth-order valence-corrected chi connectivity index (χ4v) is 3.49. The fourth-order valence-electron chi connectivity index (χ4n) is 3.49. The van der Waals surface area contributed by atoms with Crippen LogP contribution >= 0.6 is 0 Å². The predicted octanol–water partition coefficient (Wildman–Crippen LogP) is 1.82. The Hall–Kier alpha value is -2.47. The van der Waals surface area contributed by atoms with Gasteiger partial charge in [-0.15, -0.1) is 0 Å². The van der Waals surface area contributed by atoms with Gasteiger partial charge in [0.05, 0.1) is 25.5 Å². The Bertz CT molecular complexity index is 772. The second-order valence-corrected chi connectivity index (χ2v) is 6.46. The molecular weight excluding hydrogens is 316 g/mol. The Balaban J connectivity index is 1.64. The van der Waals surface area contributed by atoms with Crippen LogP contribution < -0.4 is 4.90 Å². The number of ether oxygens (including phenoxy) is 1. The van der Waals surface area contributed by atoms with Gasteiger partial charge in [0.25, 0.3) is 5.91 Å². The maximum atomic E-state index is 12.8. The van der Waals surface area contributed by atoms with Gasteiger partial charge in [0, 0.05) is 37.2 Å².